The number of nitrogens with one attached hydrogen (secondary N) is 2. The van der Waals surface area contributed by atoms with Crippen molar-refractivity contribution in [3.8, 4) is 0 Å². The molecule has 1 atom stereocenters. The molecule has 18 heavy (non-hydrogen) atoms. The third-order valence-electron chi connectivity index (χ3n) is 2.82. The van der Waals surface area contributed by atoms with Crippen LogP contribution in [-0.4, -0.2) is 29.4 Å². The highest BCUT2D eigenvalue weighted by Gasteiger charge is 2.19. The van der Waals surface area contributed by atoms with E-state index >= 15 is 0 Å². The van der Waals surface area contributed by atoms with Crippen LogP contribution in [0.5, 0.6) is 0 Å². The van der Waals surface area contributed by atoms with Gasteiger partial charge in [0.2, 0.25) is 5.91 Å². The SMILES string of the molecule is NC(=O)c1cc(N)ncc1NC1CCC(=O)NC1. The molecule has 96 valence electrons. The lowest BCUT2D eigenvalue weighted by Gasteiger charge is -2.25. The van der Waals surface area contributed by atoms with Gasteiger partial charge in [-0.1, -0.05) is 0 Å². The predicted molar refractivity (Wildman–Crippen MR) is 66.8 cm³/mol. The summed E-state index contributed by atoms with van der Waals surface area (Å²) in [7, 11) is 0. The Morgan fingerprint density at radius 2 is 2.33 bits per heavy atom. The van der Waals surface area contributed by atoms with Gasteiger partial charge in [0.25, 0.3) is 5.91 Å². The van der Waals surface area contributed by atoms with Crippen molar-refractivity contribution in [2.45, 2.75) is 18.9 Å². The van der Waals surface area contributed by atoms with Gasteiger partial charge in [-0.2, -0.15) is 0 Å². The van der Waals surface area contributed by atoms with Gasteiger partial charge in [0.15, 0.2) is 0 Å². The molecule has 0 saturated carbocycles. The van der Waals surface area contributed by atoms with Gasteiger partial charge in [-0.05, 0) is 12.5 Å². The number of nitrogens with zero attached hydrogens (tertiary/aromatic N) is 1. The van der Waals surface area contributed by atoms with Crippen molar-refractivity contribution in [1.82, 2.24) is 10.3 Å². The third kappa shape index (κ3) is 2.68. The molecule has 1 aromatic heterocycles. The number of pyridine rings is 1. The summed E-state index contributed by atoms with van der Waals surface area (Å²) >= 11 is 0. The van der Waals surface area contributed by atoms with E-state index in [1.807, 2.05) is 0 Å². The van der Waals surface area contributed by atoms with E-state index in [0.717, 1.165) is 0 Å². The standard InChI is InChI=1S/C11H15N5O2/c12-9-3-7(11(13)18)8(5-14-9)16-6-1-2-10(17)15-4-6/h3,5-6,16H,1-2,4H2,(H2,12,14)(H2,13,18)(H,15,17). The molecule has 0 bridgehead atoms. The van der Waals surface area contributed by atoms with E-state index in [0.29, 0.717) is 30.6 Å². The van der Waals surface area contributed by atoms with Crippen molar-refractivity contribution >= 4 is 23.3 Å². The number of aromatic nitrogens is 1. The summed E-state index contributed by atoms with van der Waals surface area (Å²) in [5, 5.41) is 5.89. The third-order valence-corrected chi connectivity index (χ3v) is 2.82. The maximum absolute atomic E-state index is 11.3. The number of amides is 2. The highest BCUT2D eigenvalue weighted by atomic mass is 16.2. The maximum Gasteiger partial charge on any atom is 0.250 e. The first kappa shape index (κ1) is 12.2. The van der Waals surface area contributed by atoms with Crippen LogP contribution in [0.3, 0.4) is 0 Å². The molecule has 0 aliphatic carbocycles. The second-order valence-corrected chi connectivity index (χ2v) is 4.20. The minimum atomic E-state index is -0.563. The topological polar surface area (TPSA) is 123 Å². The van der Waals surface area contributed by atoms with Crippen molar-refractivity contribution in [2.75, 3.05) is 17.6 Å². The van der Waals surface area contributed by atoms with Crippen LogP contribution in [0.4, 0.5) is 11.5 Å². The summed E-state index contributed by atoms with van der Waals surface area (Å²) in [4.78, 5) is 26.3. The largest absolute Gasteiger partial charge is 0.384 e. The van der Waals surface area contributed by atoms with E-state index in [-0.39, 0.29) is 17.8 Å². The number of hydrogen-bond donors (Lipinski definition) is 4. The number of primary amides is 1. The van der Waals surface area contributed by atoms with Crippen LogP contribution in [-0.2, 0) is 4.79 Å². The molecule has 1 saturated heterocycles. The fraction of sp³-hybridized carbons (Fsp3) is 0.364. The van der Waals surface area contributed by atoms with Crippen LogP contribution in [0.15, 0.2) is 12.3 Å². The van der Waals surface area contributed by atoms with Crippen LogP contribution in [0.1, 0.15) is 23.2 Å². The molecule has 1 aliphatic heterocycles. The second-order valence-electron chi connectivity index (χ2n) is 4.20. The lowest BCUT2D eigenvalue weighted by molar-refractivity contribution is -0.122. The molecule has 2 heterocycles. The van der Waals surface area contributed by atoms with E-state index < -0.39 is 5.91 Å². The van der Waals surface area contributed by atoms with Gasteiger partial charge in [-0.3, -0.25) is 9.59 Å². The highest BCUT2D eigenvalue weighted by molar-refractivity contribution is 5.99. The zero-order valence-corrected chi connectivity index (χ0v) is 9.77. The Kier molecular flexibility index (Phi) is 3.31. The number of nitrogen functional groups attached to an aromatic ring is 1. The van der Waals surface area contributed by atoms with Crippen molar-refractivity contribution in [3.05, 3.63) is 17.8 Å². The first-order valence-electron chi connectivity index (χ1n) is 5.65. The average molecular weight is 249 g/mol. The van der Waals surface area contributed by atoms with Crippen molar-refractivity contribution in [2.24, 2.45) is 5.73 Å². The molecular formula is C11H15N5O2. The Hall–Kier alpha value is -2.31. The van der Waals surface area contributed by atoms with Gasteiger partial charge in [-0.15, -0.1) is 0 Å². The Bertz CT molecular complexity index is 478. The fourth-order valence-electron chi connectivity index (χ4n) is 1.87. The Labute approximate surface area is 104 Å². The molecule has 1 aliphatic rings. The van der Waals surface area contributed by atoms with E-state index in [9.17, 15) is 9.59 Å². The quantitative estimate of drug-likeness (QED) is 0.572. The summed E-state index contributed by atoms with van der Waals surface area (Å²) in [5.41, 5.74) is 11.6. The monoisotopic (exact) mass is 249 g/mol. The minimum Gasteiger partial charge on any atom is -0.384 e. The van der Waals surface area contributed by atoms with Gasteiger partial charge in [0.05, 0.1) is 17.4 Å². The van der Waals surface area contributed by atoms with Gasteiger partial charge in [0.1, 0.15) is 5.82 Å². The molecule has 0 radical (unpaired) electrons. The van der Waals surface area contributed by atoms with Crippen LogP contribution in [0.2, 0.25) is 0 Å². The summed E-state index contributed by atoms with van der Waals surface area (Å²) < 4.78 is 0. The Morgan fingerprint density at radius 3 is 2.94 bits per heavy atom. The first-order valence-corrected chi connectivity index (χ1v) is 5.65. The smallest absolute Gasteiger partial charge is 0.250 e. The fourth-order valence-corrected chi connectivity index (χ4v) is 1.87. The van der Waals surface area contributed by atoms with Crippen molar-refractivity contribution in [1.29, 1.82) is 0 Å². The number of carbonyl (C=O) groups is 2. The number of carbonyl (C=O) groups excluding carboxylic acids is 2. The molecule has 0 spiro atoms. The van der Waals surface area contributed by atoms with Crippen LogP contribution in [0, 0.1) is 0 Å². The first-order chi connectivity index (χ1) is 8.56. The predicted octanol–water partition coefficient (Wildman–Crippen LogP) is -0.547. The zero-order valence-electron chi connectivity index (χ0n) is 9.77. The number of rotatable bonds is 3. The molecule has 2 rings (SSSR count). The van der Waals surface area contributed by atoms with E-state index in [4.69, 9.17) is 11.5 Å². The normalized spacial score (nSPS) is 19.1. The van der Waals surface area contributed by atoms with Crippen LogP contribution in [0.25, 0.3) is 0 Å². The maximum atomic E-state index is 11.3. The Morgan fingerprint density at radius 1 is 1.56 bits per heavy atom. The second kappa shape index (κ2) is 4.91. The van der Waals surface area contributed by atoms with E-state index in [2.05, 4.69) is 15.6 Å². The van der Waals surface area contributed by atoms with E-state index in [1.54, 1.807) is 0 Å². The molecule has 6 N–H and O–H groups in total. The summed E-state index contributed by atoms with van der Waals surface area (Å²) in [6.07, 6.45) is 2.65. The summed E-state index contributed by atoms with van der Waals surface area (Å²) in [5.74, 6) is -0.281. The van der Waals surface area contributed by atoms with Gasteiger partial charge in [-0.25, -0.2) is 4.98 Å². The average Bonchev–Trinajstić information content (AvgIpc) is 2.34. The number of hydrogen-bond acceptors (Lipinski definition) is 5. The number of nitrogens with two attached hydrogens (primary N) is 2. The molecule has 1 aromatic rings. The number of anilines is 2. The zero-order chi connectivity index (χ0) is 13.1. The van der Waals surface area contributed by atoms with E-state index in [1.165, 1.54) is 12.3 Å². The van der Waals surface area contributed by atoms with Gasteiger partial charge in [0, 0.05) is 19.0 Å². The van der Waals surface area contributed by atoms with Crippen LogP contribution < -0.4 is 22.1 Å². The molecule has 0 aromatic carbocycles. The van der Waals surface area contributed by atoms with Gasteiger partial charge >= 0.3 is 0 Å². The lowest BCUT2D eigenvalue weighted by atomic mass is 10.1. The summed E-state index contributed by atoms with van der Waals surface area (Å²) in [6, 6.07) is 1.50. The molecule has 7 nitrogen and oxygen atoms in total. The molecular weight excluding hydrogens is 234 g/mol. The molecule has 7 heteroatoms. The van der Waals surface area contributed by atoms with Crippen molar-refractivity contribution < 1.29 is 9.59 Å². The highest BCUT2D eigenvalue weighted by Crippen LogP contribution is 2.18. The van der Waals surface area contributed by atoms with Gasteiger partial charge < -0.3 is 22.1 Å². The Balaban J connectivity index is 2.13. The summed E-state index contributed by atoms with van der Waals surface area (Å²) in [6.45, 7) is 0.515. The minimum absolute atomic E-state index is 0.0404. The van der Waals surface area contributed by atoms with Crippen LogP contribution >= 0.6 is 0 Å². The number of piperidine rings is 1. The molecule has 1 fully saturated rings. The molecule has 1 unspecified atom stereocenters. The van der Waals surface area contributed by atoms with Crippen molar-refractivity contribution in [3.63, 3.8) is 0 Å². The lowest BCUT2D eigenvalue weighted by Crippen LogP contribution is -2.42. The molecule has 2 amide bonds.